The van der Waals surface area contributed by atoms with Gasteiger partial charge in [-0.1, -0.05) is 24.3 Å². The lowest BCUT2D eigenvalue weighted by atomic mass is 9.94. The van der Waals surface area contributed by atoms with Gasteiger partial charge < -0.3 is 5.73 Å². The normalized spacial score (nSPS) is 25.9. The molecule has 0 saturated heterocycles. The summed E-state index contributed by atoms with van der Waals surface area (Å²) in [4.78, 5) is 0. The molecule has 0 fully saturated rings. The van der Waals surface area contributed by atoms with Crippen LogP contribution in [0.2, 0.25) is 0 Å². The molecule has 2 N–H and O–H groups in total. The summed E-state index contributed by atoms with van der Waals surface area (Å²) in [7, 11) is 0. The minimum atomic E-state index is 0.681. The summed E-state index contributed by atoms with van der Waals surface area (Å²) in [5.74, 6) is 0.758. The largest absolute Gasteiger partial charge is 0.327 e. The third-order valence-electron chi connectivity index (χ3n) is 1.85. The molecule has 0 aromatic carbocycles. The smallest absolute Gasteiger partial charge is 0.0106 e. The number of hydrogen-bond donors (Lipinski definition) is 1. The van der Waals surface area contributed by atoms with E-state index in [1.54, 1.807) is 0 Å². The highest BCUT2D eigenvalue weighted by molar-refractivity contribution is 4.98. The fraction of sp³-hybridized carbons (Fsp3) is 0.556. The van der Waals surface area contributed by atoms with Crippen LogP contribution in [-0.4, -0.2) is 6.54 Å². The molecule has 0 aromatic rings. The van der Waals surface area contributed by atoms with Crippen molar-refractivity contribution >= 4 is 0 Å². The summed E-state index contributed by atoms with van der Waals surface area (Å²) in [6, 6.07) is 0. The molecule has 0 aliphatic heterocycles. The molecule has 0 radical (unpaired) electrons. The molecule has 1 rings (SSSR count). The zero-order valence-corrected chi connectivity index (χ0v) is 6.29. The van der Waals surface area contributed by atoms with Gasteiger partial charge in [-0.15, -0.1) is 0 Å². The number of allylic oxidation sites excluding steroid dienone is 3. The number of nitrogens with two attached hydrogens (primary N) is 1. The molecule has 0 aromatic heterocycles. The van der Waals surface area contributed by atoms with E-state index in [0.717, 1.165) is 5.92 Å². The Labute approximate surface area is 62.6 Å². The SMILES string of the molecule is NC/C=C/C1CC=CCC1. The maximum atomic E-state index is 5.34. The molecule has 0 spiro atoms. The Hall–Kier alpha value is -0.560. The van der Waals surface area contributed by atoms with Crippen LogP contribution in [-0.2, 0) is 0 Å². The van der Waals surface area contributed by atoms with Gasteiger partial charge in [-0.2, -0.15) is 0 Å². The molecular formula is C9H15N. The van der Waals surface area contributed by atoms with E-state index in [1.807, 2.05) is 0 Å². The molecule has 0 saturated carbocycles. The van der Waals surface area contributed by atoms with Gasteiger partial charge in [0, 0.05) is 6.54 Å². The van der Waals surface area contributed by atoms with Crippen LogP contribution in [0.1, 0.15) is 19.3 Å². The van der Waals surface area contributed by atoms with E-state index in [1.165, 1.54) is 19.3 Å². The Kier molecular flexibility index (Phi) is 3.23. The molecule has 56 valence electrons. The molecule has 10 heavy (non-hydrogen) atoms. The first kappa shape index (κ1) is 7.55. The number of rotatable bonds is 2. The Balaban J connectivity index is 2.28. The summed E-state index contributed by atoms with van der Waals surface area (Å²) in [5, 5.41) is 0. The maximum Gasteiger partial charge on any atom is 0.0106 e. The molecule has 0 amide bonds. The van der Waals surface area contributed by atoms with E-state index in [-0.39, 0.29) is 0 Å². The van der Waals surface area contributed by atoms with Crippen molar-refractivity contribution in [3.8, 4) is 0 Å². The van der Waals surface area contributed by atoms with E-state index in [0.29, 0.717) is 6.54 Å². The minimum absolute atomic E-state index is 0.681. The topological polar surface area (TPSA) is 26.0 Å². The van der Waals surface area contributed by atoms with E-state index < -0.39 is 0 Å². The van der Waals surface area contributed by atoms with Crippen LogP contribution in [0.3, 0.4) is 0 Å². The Morgan fingerprint density at radius 2 is 2.40 bits per heavy atom. The summed E-state index contributed by atoms with van der Waals surface area (Å²) in [6.45, 7) is 0.681. The predicted octanol–water partition coefficient (Wildman–Crippen LogP) is 1.86. The lowest BCUT2D eigenvalue weighted by Crippen LogP contribution is -2.00. The second-order valence-corrected chi connectivity index (χ2v) is 2.71. The summed E-state index contributed by atoms with van der Waals surface area (Å²) in [6.07, 6.45) is 12.6. The molecule has 1 unspecified atom stereocenters. The van der Waals surface area contributed by atoms with Gasteiger partial charge in [0.15, 0.2) is 0 Å². The van der Waals surface area contributed by atoms with Crippen LogP contribution in [0.4, 0.5) is 0 Å². The maximum absolute atomic E-state index is 5.34. The highest BCUT2D eigenvalue weighted by Crippen LogP contribution is 2.18. The van der Waals surface area contributed by atoms with Gasteiger partial charge in [0.05, 0.1) is 0 Å². The van der Waals surface area contributed by atoms with Crippen molar-refractivity contribution in [2.75, 3.05) is 6.54 Å². The molecule has 0 heterocycles. The van der Waals surface area contributed by atoms with Crippen molar-refractivity contribution in [3.05, 3.63) is 24.3 Å². The van der Waals surface area contributed by atoms with Crippen LogP contribution in [0.15, 0.2) is 24.3 Å². The van der Waals surface area contributed by atoms with Crippen molar-refractivity contribution in [2.45, 2.75) is 19.3 Å². The molecule has 1 heteroatoms. The van der Waals surface area contributed by atoms with Crippen molar-refractivity contribution in [3.63, 3.8) is 0 Å². The summed E-state index contributed by atoms with van der Waals surface area (Å²) < 4.78 is 0. The molecule has 1 atom stereocenters. The Bertz CT molecular complexity index is 136. The first-order chi connectivity index (χ1) is 4.93. The summed E-state index contributed by atoms with van der Waals surface area (Å²) in [5.41, 5.74) is 5.34. The minimum Gasteiger partial charge on any atom is -0.327 e. The van der Waals surface area contributed by atoms with E-state index in [4.69, 9.17) is 5.73 Å². The second-order valence-electron chi connectivity index (χ2n) is 2.71. The van der Waals surface area contributed by atoms with Crippen molar-refractivity contribution < 1.29 is 0 Å². The first-order valence-corrected chi connectivity index (χ1v) is 3.95. The Morgan fingerprint density at radius 1 is 1.50 bits per heavy atom. The monoisotopic (exact) mass is 137 g/mol. The third-order valence-corrected chi connectivity index (χ3v) is 1.85. The molecular weight excluding hydrogens is 122 g/mol. The van der Waals surface area contributed by atoms with Crippen molar-refractivity contribution in [2.24, 2.45) is 11.7 Å². The standard InChI is InChI=1S/C9H15N/c10-8-4-7-9-5-2-1-3-6-9/h1-2,4,7,9H,3,5-6,8,10H2/b7-4+. The highest BCUT2D eigenvalue weighted by Gasteiger charge is 2.03. The molecule has 0 bridgehead atoms. The fourth-order valence-corrected chi connectivity index (χ4v) is 1.26. The Morgan fingerprint density at radius 3 is 3.00 bits per heavy atom. The van der Waals surface area contributed by atoms with Gasteiger partial charge in [-0.25, -0.2) is 0 Å². The zero-order chi connectivity index (χ0) is 7.23. The predicted molar refractivity (Wildman–Crippen MR) is 44.7 cm³/mol. The van der Waals surface area contributed by atoms with Crippen LogP contribution >= 0.6 is 0 Å². The van der Waals surface area contributed by atoms with Gasteiger partial charge in [-0.3, -0.25) is 0 Å². The lowest BCUT2D eigenvalue weighted by molar-refractivity contribution is 0.583. The van der Waals surface area contributed by atoms with E-state index in [2.05, 4.69) is 24.3 Å². The van der Waals surface area contributed by atoms with Gasteiger partial charge in [0.1, 0.15) is 0 Å². The summed E-state index contributed by atoms with van der Waals surface area (Å²) >= 11 is 0. The highest BCUT2D eigenvalue weighted by atomic mass is 14.5. The second kappa shape index (κ2) is 4.29. The zero-order valence-electron chi connectivity index (χ0n) is 6.29. The molecule has 1 nitrogen and oxygen atoms in total. The van der Waals surface area contributed by atoms with E-state index in [9.17, 15) is 0 Å². The van der Waals surface area contributed by atoms with Crippen molar-refractivity contribution in [1.29, 1.82) is 0 Å². The number of hydrogen-bond acceptors (Lipinski definition) is 1. The van der Waals surface area contributed by atoms with Crippen LogP contribution in [0, 0.1) is 5.92 Å². The fourth-order valence-electron chi connectivity index (χ4n) is 1.26. The quantitative estimate of drug-likeness (QED) is 0.577. The van der Waals surface area contributed by atoms with Gasteiger partial charge >= 0.3 is 0 Å². The third kappa shape index (κ3) is 2.36. The average molecular weight is 137 g/mol. The van der Waals surface area contributed by atoms with Crippen LogP contribution in [0.5, 0.6) is 0 Å². The first-order valence-electron chi connectivity index (χ1n) is 3.95. The lowest BCUT2D eigenvalue weighted by Gasteiger charge is -2.12. The van der Waals surface area contributed by atoms with Crippen molar-refractivity contribution in [1.82, 2.24) is 0 Å². The molecule has 1 aliphatic rings. The van der Waals surface area contributed by atoms with Gasteiger partial charge in [-0.05, 0) is 25.2 Å². The average Bonchev–Trinajstić information content (AvgIpc) is 2.03. The van der Waals surface area contributed by atoms with Gasteiger partial charge in [0.25, 0.3) is 0 Å². The van der Waals surface area contributed by atoms with Crippen LogP contribution in [0.25, 0.3) is 0 Å². The van der Waals surface area contributed by atoms with E-state index >= 15 is 0 Å². The molecule has 1 aliphatic carbocycles. The van der Waals surface area contributed by atoms with Crippen LogP contribution < -0.4 is 5.73 Å². The van der Waals surface area contributed by atoms with Gasteiger partial charge in [0.2, 0.25) is 0 Å².